The molecule has 0 amide bonds. The Hall–Kier alpha value is -2.54. The second kappa shape index (κ2) is 6.29. The van der Waals surface area contributed by atoms with Crippen LogP contribution in [0.15, 0.2) is 16.9 Å². The van der Waals surface area contributed by atoms with Crippen molar-refractivity contribution in [3.8, 4) is 11.5 Å². The van der Waals surface area contributed by atoms with Gasteiger partial charge in [0.05, 0.1) is 27.4 Å². The molecule has 1 aromatic heterocycles. The lowest BCUT2D eigenvalue weighted by Crippen LogP contribution is -2.24. The van der Waals surface area contributed by atoms with E-state index in [4.69, 9.17) is 14.2 Å². The van der Waals surface area contributed by atoms with Crippen molar-refractivity contribution in [1.29, 1.82) is 0 Å². The third-order valence-corrected chi connectivity index (χ3v) is 3.85. The topological polar surface area (TPSA) is 67.5 Å². The Bertz CT molecular complexity index is 804. The summed E-state index contributed by atoms with van der Waals surface area (Å²) in [6.45, 7) is 0.879. The molecular formula is C16H19N3O4. The first-order valence-corrected chi connectivity index (χ1v) is 7.28. The van der Waals surface area contributed by atoms with Crippen LogP contribution in [0, 0.1) is 0 Å². The highest BCUT2D eigenvalue weighted by Gasteiger charge is 2.18. The maximum Gasteiger partial charge on any atom is 0.350 e. The number of hydrogen-bond acceptors (Lipinski definition) is 5. The Morgan fingerprint density at radius 2 is 1.91 bits per heavy atom. The summed E-state index contributed by atoms with van der Waals surface area (Å²) < 4.78 is 18.7. The number of fused-ring (bicyclic) bond motifs is 2. The van der Waals surface area contributed by atoms with Crippen molar-refractivity contribution in [2.45, 2.75) is 13.0 Å². The summed E-state index contributed by atoms with van der Waals surface area (Å²) in [4.78, 5) is 12.4. The summed E-state index contributed by atoms with van der Waals surface area (Å²) in [7, 11) is 4.80. The third-order valence-electron chi connectivity index (χ3n) is 3.85. The van der Waals surface area contributed by atoms with Crippen LogP contribution in [0.4, 0.5) is 0 Å². The SMILES string of the molecule is COCCn1nc2n(c1=O)C=Cc1cc(OC)c(OC)cc1C2. The molecule has 2 aromatic rings. The van der Waals surface area contributed by atoms with E-state index in [9.17, 15) is 4.79 Å². The number of hydrogen-bond donors (Lipinski definition) is 0. The van der Waals surface area contributed by atoms with Gasteiger partial charge in [0.2, 0.25) is 0 Å². The molecule has 23 heavy (non-hydrogen) atoms. The van der Waals surface area contributed by atoms with Gasteiger partial charge in [0.1, 0.15) is 5.82 Å². The van der Waals surface area contributed by atoms with Crippen LogP contribution in [0.3, 0.4) is 0 Å². The Kier molecular flexibility index (Phi) is 4.20. The van der Waals surface area contributed by atoms with Crippen LogP contribution in [-0.2, 0) is 17.7 Å². The van der Waals surface area contributed by atoms with Gasteiger partial charge in [-0.25, -0.2) is 9.48 Å². The van der Waals surface area contributed by atoms with E-state index in [1.54, 1.807) is 32.1 Å². The van der Waals surface area contributed by atoms with E-state index < -0.39 is 0 Å². The van der Waals surface area contributed by atoms with Gasteiger partial charge in [-0.2, -0.15) is 5.10 Å². The molecule has 3 rings (SSSR count). The van der Waals surface area contributed by atoms with Crippen LogP contribution in [0.5, 0.6) is 11.5 Å². The molecule has 0 bridgehead atoms. The van der Waals surface area contributed by atoms with E-state index in [1.807, 2.05) is 18.2 Å². The summed E-state index contributed by atoms with van der Waals surface area (Å²) in [5.41, 5.74) is 1.84. The second-order valence-corrected chi connectivity index (χ2v) is 5.18. The average molecular weight is 317 g/mol. The van der Waals surface area contributed by atoms with Gasteiger partial charge in [-0.05, 0) is 29.3 Å². The molecule has 0 saturated heterocycles. The molecule has 0 saturated carbocycles. The van der Waals surface area contributed by atoms with Crippen LogP contribution in [0.2, 0.25) is 0 Å². The fourth-order valence-corrected chi connectivity index (χ4v) is 2.63. The molecule has 0 unspecified atom stereocenters. The summed E-state index contributed by atoms with van der Waals surface area (Å²) >= 11 is 0. The quantitative estimate of drug-likeness (QED) is 0.708. The maximum absolute atomic E-state index is 12.4. The minimum Gasteiger partial charge on any atom is -0.493 e. The molecule has 122 valence electrons. The smallest absolute Gasteiger partial charge is 0.350 e. The van der Waals surface area contributed by atoms with Gasteiger partial charge in [-0.3, -0.25) is 4.57 Å². The number of benzene rings is 1. The van der Waals surface area contributed by atoms with E-state index in [2.05, 4.69) is 5.10 Å². The van der Waals surface area contributed by atoms with E-state index in [0.717, 1.165) is 11.1 Å². The molecule has 0 aliphatic carbocycles. The molecule has 0 spiro atoms. The van der Waals surface area contributed by atoms with E-state index in [-0.39, 0.29) is 5.69 Å². The molecule has 7 nitrogen and oxygen atoms in total. The monoisotopic (exact) mass is 317 g/mol. The van der Waals surface area contributed by atoms with Crippen LogP contribution in [-0.4, -0.2) is 42.3 Å². The van der Waals surface area contributed by atoms with E-state index in [1.165, 1.54) is 4.68 Å². The fraction of sp³-hybridized carbons (Fsp3) is 0.375. The Balaban J connectivity index is 2.03. The van der Waals surface area contributed by atoms with Gasteiger partial charge in [-0.15, -0.1) is 0 Å². The second-order valence-electron chi connectivity index (χ2n) is 5.18. The summed E-state index contributed by atoms with van der Waals surface area (Å²) in [5.74, 6) is 2.01. The first-order chi connectivity index (χ1) is 11.2. The Morgan fingerprint density at radius 1 is 1.17 bits per heavy atom. The van der Waals surface area contributed by atoms with Crippen LogP contribution < -0.4 is 15.2 Å². The van der Waals surface area contributed by atoms with Crippen molar-refractivity contribution >= 4 is 12.3 Å². The fourth-order valence-electron chi connectivity index (χ4n) is 2.63. The maximum atomic E-state index is 12.4. The zero-order valence-electron chi connectivity index (χ0n) is 13.4. The average Bonchev–Trinajstić information content (AvgIpc) is 2.75. The van der Waals surface area contributed by atoms with E-state index >= 15 is 0 Å². The van der Waals surface area contributed by atoms with Gasteiger partial charge < -0.3 is 14.2 Å². The van der Waals surface area contributed by atoms with Gasteiger partial charge in [-0.1, -0.05) is 0 Å². The van der Waals surface area contributed by atoms with Crippen molar-refractivity contribution in [1.82, 2.24) is 14.3 Å². The molecule has 0 fully saturated rings. The standard InChI is InChI=1S/C16H19N3O4/c1-21-7-6-19-16(20)18-5-4-11-8-13(22-2)14(23-3)9-12(11)10-15(18)17-19/h4-5,8-9H,6-7,10H2,1-3H3. The molecular weight excluding hydrogens is 298 g/mol. The largest absolute Gasteiger partial charge is 0.493 e. The third kappa shape index (κ3) is 2.75. The predicted octanol–water partition coefficient (Wildman–Crippen LogP) is 1.24. The number of methoxy groups -OCH3 is 3. The Labute approximate surface area is 133 Å². The number of aromatic nitrogens is 3. The van der Waals surface area contributed by atoms with Gasteiger partial charge >= 0.3 is 5.69 Å². The van der Waals surface area contributed by atoms with Gasteiger partial charge in [0.25, 0.3) is 0 Å². The molecule has 0 N–H and O–H groups in total. The summed E-state index contributed by atoms with van der Waals surface area (Å²) in [6.07, 6.45) is 4.17. The summed E-state index contributed by atoms with van der Waals surface area (Å²) in [5, 5.41) is 4.41. The highest BCUT2D eigenvalue weighted by molar-refractivity contribution is 5.68. The molecule has 1 aromatic carbocycles. The molecule has 0 radical (unpaired) electrons. The highest BCUT2D eigenvalue weighted by atomic mass is 16.5. The van der Waals surface area contributed by atoms with Crippen LogP contribution in [0.25, 0.3) is 12.3 Å². The molecule has 0 atom stereocenters. The molecule has 1 aliphatic heterocycles. The van der Waals surface area contributed by atoms with Crippen molar-refractivity contribution in [2.75, 3.05) is 27.9 Å². The van der Waals surface area contributed by atoms with Crippen molar-refractivity contribution in [2.24, 2.45) is 0 Å². The van der Waals surface area contributed by atoms with Crippen LogP contribution >= 0.6 is 0 Å². The van der Waals surface area contributed by atoms with Gasteiger partial charge in [0.15, 0.2) is 11.5 Å². The Morgan fingerprint density at radius 3 is 2.61 bits per heavy atom. The minimum atomic E-state index is -0.167. The molecule has 1 aliphatic rings. The minimum absolute atomic E-state index is 0.167. The lowest BCUT2D eigenvalue weighted by molar-refractivity contribution is 0.182. The highest BCUT2D eigenvalue weighted by Crippen LogP contribution is 2.33. The molecule has 2 heterocycles. The van der Waals surface area contributed by atoms with Gasteiger partial charge in [0, 0.05) is 19.7 Å². The predicted molar refractivity (Wildman–Crippen MR) is 85.9 cm³/mol. The zero-order chi connectivity index (χ0) is 16.4. The van der Waals surface area contributed by atoms with Crippen LogP contribution in [0.1, 0.15) is 17.0 Å². The number of nitrogens with zero attached hydrogens (tertiary/aromatic N) is 3. The van der Waals surface area contributed by atoms with Crippen molar-refractivity contribution in [3.63, 3.8) is 0 Å². The lowest BCUT2D eigenvalue weighted by atomic mass is 10.0. The zero-order valence-corrected chi connectivity index (χ0v) is 13.4. The van der Waals surface area contributed by atoms with E-state index in [0.29, 0.717) is 36.9 Å². The van der Waals surface area contributed by atoms with Crippen molar-refractivity contribution in [3.05, 3.63) is 39.6 Å². The van der Waals surface area contributed by atoms with Crippen molar-refractivity contribution < 1.29 is 14.2 Å². The lowest BCUT2D eigenvalue weighted by Gasteiger charge is -2.11. The first kappa shape index (κ1) is 15.4. The summed E-state index contributed by atoms with van der Waals surface area (Å²) in [6, 6.07) is 3.83. The molecule has 7 heteroatoms. The number of rotatable bonds is 5. The normalized spacial score (nSPS) is 12.5. The first-order valence-electron chi connectivity index (χ1n) is 7.28. The number of ether oxygens (including phenoxy) is 3.